The molecule has 1 aliphatic carbocycles. The van der Waals surface area contributed by atoms with Gasteiger partial charge in [0.15, 0.2) is 5.96 Å². The molecular formula is C20H36N4O. The molecule has 1 unspecified atom stereocenters. The monoisotopic (exact) mass is 348 g/mol. The first-order valence-corrected chi connectivity index (χ1v) is 10.4. The van der Waals surface area contributed by atoms with Gasteiger partial charge in [0, 0.05) is 46.2 Å². The Morgan fingerprint density at radius 2 is 1.92 bits per heavy atom. The Labute approximate surface area is 153 Å². The zero-order chi connectivity index (χ0) is 17.7. The van der Waals surface area contributed by atoms with Crippen LogP contribution in [0, 0.1) is 11.3 Å². The van der Waals surface area contributed by atoms with Crippen molar-refractivity contribution < 1.29 is 4.79 Å². The van der Waals surface area contributed by atoms with Crippen molar-refractivity contribution >= 4 is 11.9 Å². The summed E-state index contributed by atoms with van der Waals surface area (Å²) in [7, 11) is 1.86. The summed E-state index contributed by atoms with van der Waals surface area (Å²) >= 11 is 0. The van der Waals surface area contributed by atoms with E-state index in [-0.39, 0.29) is 0 Å². The summed E-state index contributed by atoms with van der Waals surface area (Å²) in [4.78, 5) is 21.3. The first-order chi connectivity index (χ1) is 12.1. The number of guanidine groups is 1. The molecule has 1 spiro atoms. The fourth-order valence-corrected chi connectivity index (χ4v) is 5.01. The van der Waals surface area contributed by atoms with Crippen molar-refractivity contribution in [2.45, 2.75) is 64.7 Å². The van der Waals surface area contributed by atoms with Gasteiger partial charge in [-0.2, -0.15) is 0 Å². The fraction of sp³-hybridized carbons (Fsp3) is 0.900. The third kappa shape index (κ3) is 4.68. The van der Waals surface area contributed by atoms with E-state index in [1.54, 1.807) is 0 Å². The molecule has 2 aliphatic heterocycles. The van der Waals surface area contributed by atoms with E-state index in [2.05, 4.69) is 22.1 Å². The highest BCUT2D eigenvalue weighted by Gasteiger charge is 2.39. The van der Waals surface area contributed by atoms with Gasteiger partial charge in [-0.1, -0.05) is 26.2 Å². The predicted molar refractivity (Wildman–Crippen MR) is 103 cm³/mol. The van der Waals surface area contributed by atoms with Crippen molar-refractivity contribution in [2.75, 3.05) is 39.8 Å². The van der Waals surface area contributed by atoms with Crippen LogP contribution in [-0.2, 0) is 4.79 Å². The smallest absolute Gasteiger partial charge is 0.224 e. The van der Waals surface area contributed by atoms with Crippen molar-refractivity contribution in [1.82, 2.24) is 15.1 Å². The van der Waals surface area contributed by atoms with Crippen LogP contribution in [-0.4, -0.2) is 61.4 Å². The molecule has 3 fully saturated rings. The maximum Gasteiger partial charge on any atom is 0.224 e. The Balaban J connectivity index is 1.43. The number of hydrogen-bond donors (Lipinski definition) is 1. The van der Waals surface area contributed by atoms with E-state index in [0.717, 1.165) is 38.6 Å². The van der Waals surface area contributed by atoms with Crippen molar-refractivity contribution in [2.24, 2.45) is 16.3 Å². The zero-order valence-corrected chi connectivity index (χ0v) is 16.2. The van der Waals surface area contributed by atoms with Crippen LogP contribution in [0.15, 0.2) is 4.99 Å². The first kappa shape index (κ1) is 18.5. The maximum atomic E-state index is 12.4. The molecule has 0 aromatic carbocycles. The van der Waals surface area contributed by atoms with Gasteiger partial charge in [0.2, 0.25) is 5.91 Å². The molecule has 3 aliphatic rings. The van der Waals surface area contributed by atoms with Gasteiger partial charge in [0.25, 0.3) is 0 Å². The van der Waals surface area contributed by atoms with Crippen LogP contribution >= 0.6 is 0 Å². The molecule has 142 valence electrons. The van der Waals surface area contributed by atoms with Gasteiger partial charge in [0.1, 0.15) is 0 Å². The minimum absolute atomic E-state index is 0.291. The van der Waals surface area contributed by atoms with Crippen molar-refractivity contribution in [3.63, 3.8) is 0 Å². The van der Waals surface area contributed by atoms with E-state index in [9.17, 15) is 4.79 Å². The zero-order valence-electron chi connectivity index (χ0n) is 16.2. The number of piperidine rings is 1. The summed E-state index contributed by atoms with van der Waals surface area (Å²) in [5.41, 5.74) is 0.537. The van der Waals surface area contributed by atoms with Gasteiger partial charge in [0.05, 0.1) is 0 Å². The van der Waals surface area contributed by atoms with Gasteiger partial charge in [-0.05, 0) is 43.4 Å². The Morgan fingerprint density at radius 3 is 2.64 bits per heavy atom. The number of carbonyl (C=O) groups excluding carboxylic acids is 1. The molecule has 3 rings (SSSR count). The van der Waals surface area contributed by atoms with E-state index in [1.165, 1.54) is 44.9 Å². The lowest BCUT2D eigenvalue weighted by atomic mass is 9.73. The van der Waals surface area contributed by atoms with Gasteiger partial charge in [-0.3, -0.25) is 9.79 Å². The molecule has 0 radical (unpaired) electrons. The Kier molecular flexibility index (Phi) is 6.24. The molecule has 25 heavy (non-hydrogen) atoms. The van der Waals surface area contributed by atoms with E-state index >= 15 is 0 Å². The standard InChI is InChI=1S/C20H36N4O/c1-17-7-6-13-23(15-17)18(25)8-12-22-19(21-2)24-14-11-20(16-24)9-4-3-5-10-20/h17H,3-16H2,1-2H3,(H,21,22). The summed E-state index contributed by atoms with van der Waals surface area (Å²) in [6.07, 6.45) is 11.2. The average molecular weight is 349 g/mol. The molecule has 0 bridgehead atoms. The highest BCUT2D eigenvalue weighted by Crippen LogP contribution is 2.43. The summed E-state index contributed by atoms with van der Waals surface area (Å²) < 4.78 is 0. The third-order valence-corrected chi connectivity index (χ3v) is 6.50. The van der Waals surface area contributed by atoms with Gasteiger partial charge >= 0.3 is 0 Å². The molecule has 0 aromatic heterocycles. The largest absolute Gasteiger partial charge is 0.356 e. The minimum atomic E-state index is 0.291. The van der Waals surface area contributed by atoms with E-state index in [0.29, 0.717) is 30.2 Å². The molecule has 1 atom stereocenters. The Bertz CT molecular complexity index is 484. The normalized spacial score (nSPS) is 27.0. The highest BCUT2D eigenvalue weighted by atomic mass is 16.2. The Hall–Kier alpha value is -1.26. The molecule has 1 amide bonds. The van der Waals surface area contributed by atoms with E-state index in [4.69, 9.17) is 0 Å². The lowest BCUT2D eigenvalue weighted by Gasteiger charge is -2.33. The van der Waals surface area contributed by atoms with E-state index < -0.39 is 0 Å². The van der Waals surface area contributed by atoms with Crippen LogP contribution in [0.25, 0.3) is 0 Å². The van der Waals surface area contributed by atoms with Gasteiger partial charge in [-0.25, -0.2) is 0 Å². The second kappa shape index (κ2) is 8.41. The lowest BCUT2D eigenvalue weighted by molar-refractivity contribution is -0.132. The first-order valence-electron chi connectivity index (χ1n) is 10.4. The lowest BCUT2D eigenvalue weighted by Crippen LogP contribution is -2.44. The highest BCUT2D eigenvalue weighted by molar-refractivity contribution is 5.81. The second-order valence-corrected chi connectivity index (χ2v) is 8.54. The molecule has 5 nitrogen and oxygen atoms in total. The summed E-state index contributed by atoms with van der Waals surface area (Å²) in [6, 6.07) is 0. The van der Waals surface area contributed by atoms with Crippen molar-refractivity contribution in [3.05, 3.63) is 0 Å². The van der Waals surface area contributed by atoms with Crippen molar-refractivity contribution in [3.8, 4) is 0 Å². The fourth-order valence-electron chi connectivity index (χ4n) is 5.01. The second-order valence-electron chi connectivity index (χ2n) is 8.54. The van der Waals surface area contributed by atoms with Crippen LogP contribution in [0.3, 0.4) is 0 Å². The number of likely N-dealkylation sites (tertiary alicyclic amines) is 2. The quantitative estimate of drug-likeness (QED) is 0.630. The van der Waals surface area contributed by atoms with Gasteiger partial charge in [-0.15, -0.1) is 0 Å². The molecule has 2 heterocycles. The molecule has 1 N–H and O–H groups in total. The van der Waals surface area contributed by atoms with Crippen molar-refractivity contribution in [1.29, 1.82) is 0 Å². The van der Waals surface area contributed by atoms with Crippen LogP contribution in [0.2, 0.25) is 0 Å². The predicted octanol–water partition coefficient (Wildman–Crippen LogP) is 2.87. The molecule has 1 saturated carbocycles. The SMILES string of the molecule is CN=C(NCCC(=O)N1CCCC(C)C1)N1CCC2(CCCCC2)C1. The maximum absolute atomic E-state index is 12.4. The van der Waals surface area contributed by atoms with Crippen LogP contribution < -0.4 is 5.32 Å². The summed E-state index contributed by atoms with van der Waals surface area (Å²) in [6.45, 7) is 7.06. The molecule has 0 aromatic rings. The number of hydrogen-bond acceptors (Lipinski definition) is 2. The van der Waals surface area contributed by atoms with Crippen LogP contribution in [0.5, 0.6) is 0 Å². The van der Waals surface area contributed by atoms with Crippen LogP contribution in [0.4, 0.5) is 0 Å². The molecule has 5 heteroatoms. The van der Waals surface area contributed by atoms with Crippen LogP contribution in [0.1, 0.15) is 64.7 Å². The average Bonchev–Trinajstić information content (AvgIpc) is 3.02. The summed E-state index contributed by atoms with van der Waals surface area (Å²) in [5.74, 6) is 1.93. The third-order valence-electron chi connectivity index (χ3n) is 6.50. The minimum Gasteiger partial charge on any atom is -0.356 e. The summed E-state index contributed by atoms with van der Waals surface area (Å²) in [5, 5.41) is 3.44. The number of nitrogens with zero attached hydrogens (tertiary/aromatic N) is 3. The number of carbonyl (C=O) groups is 1. The topological polar surface area (TPSA) is 47.9 Å². The number of amides is 1. The Morgan fingerprint density at radius 1 is 1.12 bits per heavy atom. The molecule has 2 saturated heterocycles. The number of rotatable bonds is 3. The van der Waals surface area contributed by atoms with E-state index in [1.807, 2.05) is 11.9 Å². The number of nitrogens with one attached hydrogen (secondary N) is 1. The number of aliphatic imine (C=N–C) groups is 1. The van der Waals surface area contributed by atoms with Gasteiger partial charge < -0.3 is 15.1 Å². The molecular weight excluding hydrogens is 312 g/mol.